The van der Waals surface area contributed by atoms with Gasteiger partial charge in [0.1, 0.15) is 17.3 Å². The Balaban J connectivity index is 1.91. The predicted octanol–water partition coefficient (Wildman–Crippen LogP) is 4.42. The van der Waals surface area contributed by atoms with Crippen LogP contribution in [0.1, 0.15) is 35.2 Å². The fourth-order valence-electron chi connectivity index (χ4n) is 4.22. The topological polar surface area (TPSA) is 89.0 Å². The predicted molar refractivity (Wildman–Crippen MR) is 127 cm³/mol. The molecule has 3 aromatic rings. The van der Waals surface area contributed by atoms with E-state index in [1.807, 2.05) is 38.1 Å². The summed E-state index contributed by atoms with van der Waals surface area (Å²) in [4.78, 5) is 32.1. The smallest absolute Gasteiger partial charge is 0.295 e. The number of methoxy groups -OCH3 is 1. The van der Waals surface area contributed by atoms with E-state index in [0.29, 0.717) is 34.8 Å². The number of hydrogen-bond acceptors (Lipinski definition) is 6. The van der Waals surface area contributed by atoms with Crippen molar-refractivity contribution in [3.05, 3.63) is 94.8 Å². The van der Waals surface area contributed by atoms with Gasteiger partial charge in [-0.3, -0.25) is 14.6 Å². The Morgan fingerprint density at radius 2 is 1.91 bits per heavy atom. The van der Waals surface area contributed by atoms with Crippen LogP contribution in [0.15, 0.2) is 72.6 Å². The maximum Gasteiger partial charge on any atom is 0.295 e. The first-order chi connectivity index (χ1) is 16.5. The van der Waals surface area contributed by atoms with Gasteiger partial charge in [0.2, 0.25) is 0 Å². The standard InChI is InChI=1S/C27H26N2O5/c1-4-34-22-10-6-5-9-21(22)24-23(25(30)20-12-11-19(33-3)14-17(20)2)26(31)27(32)29(24)16-18-8-7-13-28-15-18/h5-15,24,30H,4,16H2,1-3H3. The molecular weight excluding hydrogens is 432 g/mol. The highest BCUT2D eigenvalue weighted by Crippen LogP contribution is 2.43. The molecule has 1 aliphatic heterocycles. The van der Waals surface area contributed by atoms with E-state index in [-0.39, 0.29) is 17.9 Å². The SMILES string of the molecule is CCOc1ccccc1C1C(=C(O)c2ccc(OC)cc2C)C(=O)C(=O)N1Cc1cccnc1. The fraction of sp³-hybridized carbons (Fsp3) is 0.222. The minimum atomic E-state index is -0.829. The van der Waals surface area contributed by atoms with Crippen LogP contribution >= 0.6 is 0 Å². The summed E-state index contributed by atoms with van der Waals surface area (Å²) in [6.45, 7) is 4.25. The van der Waals surface area contributed by atoms with Crippen LogP contribution in [0, 0.1) is 6.92 Å². The van der Waals surface area contributed by atoms with Crippen LogP contribution in [-0.2, 0) is 16.1 Å². The number of carbonyl (C=O) groups excluding carboxylic acids is 2. The van der Waals surface area contributed by atoms with Gasteiger partial charge in [0.05, 0.1) is 25.3 Å². The Kier molecular flexibility index (Phi) is 6.63. The van der Waals surface area contributed by atoms with Gasteiger partial charge in [-0.2, -0.15) is 0 Å². The van der Waals surface area contributed by atoms with E-state index in [0.717, 1.165) is 5.56 Å². The van der Waals surface area contributed by atoms with E-state index in [1.54, 1.807) is 49.8 Å². The van der Waals surface area contributed by atoms with E-state index in [9.17, 15) is 14.7 Å². The Bertz CT molecular complexity index is 1250. The van der Waals surface area contributed by atoms with E-state index >= 15 is 0 Å². The molecule has 0 saturated carbocycles. The number of amides is 1. The molecule has 1 saturated heterocycles. The normalized spacial score (nSPS) is 17.1. The van der Waals surface area contributed by atoms with Gasteiger partial charge in [-0.15, -0.1) is 0 Å². The zero-order valence-corrected chi connectivity index (χ0v) is 19.3. The van der Waals surface area contributed by atoms with Crippen molar-refractivity contribution in [1.29, 1.82) is 0 Å². The molecule has 1 atom stereocenters. The molecule has 1 N–H and O–H groups in total. The van der Waals surface area contributed by atoms with Gasteiger partial charge in [-0.05, 0) is 55.3 Å². The number of aliphatic hydroxyl groups is 1. The van der Waals surface area contributed by atoms with E-state index < -0.39 is 17.7 Å². The molecule has 1 aromatic heterocycles. The van der Waals surface area contributed by atoms with Gasteiger partial charge >= 0.3 is 0 Å². The van der Waals surface area contributed by atoms with Crippen molar-refractivity contribution < 1.29 is 24.2 Å². The number of pyridine rings is 1. The van der Waals surface area contributed by atoms with Gasteiger partial charge in [0.25, 0.3) is 11.7 Å². The third-order valence-corrected chi connectivity index (χ3v) is 5.82. The molecule has 0 bridgehead atoms. The Morgan fingerprint density at radius 1 is 1.12 bits per heavy atom. The first kappa shape index (κ1) is 23.0. The van der Waals surface area contributed by atoms with Crippen LogP contribution in [0.3, 0.4) is 0 Å². The Morgan fingerprint density at radius 3 is 2.59 bits per heavy atom. The molecule has 34 heavy (non-hydrogen) atoms. The number of benzene rings is 2. The Hall–Kier alpha value is -4.13. The molecule has 7 nitrogen and oxygen atoms in total. The largest absolute Gasteiger partial charge is 0.507 e. The molecule has 2 heterocycles. The molecule has 7 heteroatoms. The number of Topliss-reactive ketones (excluding diaryl/α,β-unsaturated/α-hetero) is 1. The molecular formula is C27H26N2O5. The van der Waals surface area contributed by atoms with Gasteiger partial charge in [0.15, 0.2) is 0 Å². The van der Waals surface area contributed by atoms with Crippen molar-refractivity contribution in [2.24, 2.45) is 0 Å². The van der Waals surface area contributed by atoms with E-state index in [4.69, 9.17) is 9.47 Å². The highest BCUT2D eigenvalue weighted by atomic mass is 16.5. The van der Waals surface area contributed by atoms with Crippen molar-refractivity contribution in [1.82, 2.24) is 9.88 Å². The first-order valence-electron chi connectivity index (χ1n) is 11.0. The number of para-hydroxylation sites is 1. The molecule has 4 rings (SSSR count). The van der Waals surface area contributed by atoms with Crippen molar-refractivity contribution in [3.8, 4) is 11.5 Å². The van der Waals surface area contributed by atoms with Crippen LogP contribution in [-0.4, -0.2) is 40.4 Å². The van der Waals surface area contributed by atoms with Crippen LogP contribution in [0.4, 0.5) is 0 Å². The summed E-state index contributed by atoms with van der Waals surface area (Å²) in [6.07, 6.45) is 3.30. The minimum Gasteiger partial charge on any atom is -0.507 e. The highest BCUT2D eigenvalue weighted by molar-refractivity contribution is 6.46. The number of aromatic nitrogens is 1. The lowest BCUT2D eigenvalue weighted by Crippen LogP contribution is -2.29. The zero-order valence-electron chi connectivity index (χ0n) is 19.3. The van der Waals surface area contributed by atoms with Crippen LogP contribution in [0.5, 0.6) is 11.5 Å². The van der Waals surface area contributed by atoms with E-state index in [1.165, 1.54) is 4.90 Å². The van der Waals surface area contributed by atoms with Crippen LogP contribution < -0.4 is 9.47 Å². The summed E-state index contributed by atoms with van der Waals surface area (Å²) in [6, 6.07) is 15.2. The molecule has 0 spiro atoms. The van der Waals surface area contributed by atoms with Crippen molar-refractivity contribution in [2.45, 2.75) is 26.4 Å². The second kappa shape index (κ2) is 9.79. The lowest BCUT2D eigenvalue weighted by Gasteiger charge is -2.27. The summed E-state index contributed by atoms with van der Waals surface area (Å²) >= 11 is 0. The fourth-order valence-corrected chi connectivity index (χ4v) is 4.22. The summed E-state index contributed by atoms with van der Waals surface area (Å²) in [5.74, 6) is -0.487. The number of nitrogens with zero attached hydrogens (tertiary/aromatic N) is 2. The average molecular weight is 459 g/mol. The number of carbonyl (C=O) groups is 2. The van der Waals surface area contributed by atoms with E-state index in [2.05, 4.69) is 4.98 Å². The molecule has 0 aliphatic carbocycles. The highest BCUT2D eigenvalue weighted by Gasteiger charge is 2.47. The number of aryl methyl sites for hydroxylation is 1. The molecule has 1 unspecified atom stereocenters. The summed E-state index contributed by atoms with van der Waals surface area (Å²) in [5, 5.41) is 11.4. The maximum absolute atomic E-state index is 13.3. The second-order valence-electron chi connectivity index (χ2n) is 7.94. The number of rotatable bonds is 7. The lowest BCUT2D eigenvalue weighted by atomic mass is 9.93. The van der Waals surface area contributed by atoms with Gasteiger partial charge < -0.3 is 19.5 Å². The van der Waals surface area contributed by atoms with Gasteiger partial charge in [-0.1, -0.05) is 24.3 Å². The molecule has 174 valence electrons. The number of aliphatic hydroxyl groups excluding tert-OH is 1. The zero-order chi connectivity index (χ0) is 24.2. The molecule has 0 radical (unpaired) electrons. The number of ketones is 1. The summed E-state index contributed by atoms with van der Waals surface area (Å²) < 4.78 is 11.1. The minimum absolute atomic E-state index is 0.0225. The molecule has 1 aliphatic rings. The summed E-state index contributed by atoms with van der Waals surface area (Å²) in [5.41, 5.74) is 2.59. The maximum atomic E-state index is 13.3. The third kappa shape index (κ3) is 4.24. The van der Waals surface area contributed by atoms with Crippen LogP contribution in [0.25, 0.3) is 5.76 Å². The average Bonchev–Trinajstić information content (AvgIpc) is 3.09. The first-order valence-corrected chi connectivity index (χ1v) is 11.0. The molecule has 2 aromatic carbocycles. The number of ether oxygens (including phenoxy) is 2. The quantitative estimate of drug-likeness (QED) is 0.320. The number of hydrogen-bond donors (Lipinski definition) is 1. The van der Waals surface area contributed by atoms with Crippen molar-refractivity contribution >= 4 is 17.4 Å². The second-order valence-corrected chi connectivity index (χ2v) is 7.94. The molecule has 1 amide bonds. The van der Waals surface area contributed by atoms with Crippen molar-refractivity contribution in [3.63, 3.8) is 0 Å². The van der Waals surface area contributed by atoms with Gasteiger partial charge in [-0.25, -0.2) is 0 Å². The van der Waals surface area contributed by atoms with Gasteiger partial charge in [0, 0.05) is 30.1 Å². The Labute approximate surface area is 198 Å². The van der Waals surface area contributed by atoms with Crippen molar-refractivity contribution in [2.75, 3.05) is 13.7 Å². The monoisotopic (exact) mass is 458 g/mol. The number of likely N-dealkylation sites (tertiary alicyclic amines) is 1. The molecule has 1 fully saturated rings. The third-order valence-electron chi connectivity index (χ3n) is 5.82. The summed E-state index contributed by atoms with van der Waals surface area (Å²) in [7, 11) is 1.56. The van der Waals surface area contributed by atoms with Crippen LogP contribution in [0.2, 0.25) is 0 Å². The lowest BCUT2D eigenvalue weighted by molar-refractivity contribution is -0.140.